The number of aromatic nitrogens is 4. The van der Waals surface area contributed by atoms with Crippen molar-refractivity contribution in [3.63, 3.8) is 0 Å². The van der Waals surface area contributed by atoms with Gasteiger partial charge >= 0.3 is 0 Å². The molecule has 1 saturated heterocycles. The third kappa shape index (κ3) is 3.57. The summed E-state index contributed by atoms with van der Waals surface area (Å²) in [6.45, 7) is 6.71. The van der Waals surface area contributed by atoms with Gasteiger partial charge in [-0.2, -0.15) is 10.1 Å². The van der Waals surface area contributed by atoms with E-state index in [4.69, 9.17) is 4.74 Å². The van der Waals surface area contributed by atoms with Gasteiger partial charge in [0.2, 0.25) is 17.7 Å². The number of carbonyl (C=O) groups is 1. The number of anilines is 1. The fourth-order valence-electron chi connectivity index (χ4n) is 3.09. The molecular weight excluding hydrogens is 320 g/mol. The first-order chi connectivity index (χ1) is 12.0. The van der Waals surface area contributed by atoms with Crippen molar-refractivity contribution < 1.29 is 9.53 Å². The second-order valence-corrected chi connectivity index (χ2v) is 6.22. The highest BCUT2D eigenvalue weighted by Crippen LogP contribution is 2.17. The Bertz CT molecular complexity index is 764. The van der Waals surface area contributed by atoms with E-state index in [-0.39, 0.29) is 5.91 Å². The summed E-state index contributed by atoms with van der Waals surface area (Å²) in [6, 6.07) is 1.72. The van der Waals surface area contributed by atoms with Crippen LogP contribution in [0.5, 0.6) is 5.88 Å². The first-order valence-corrected chi connectivity index (χ1v) is 8.38. The van der Waals surface area contributed by atoms with E-state index in [1.807, 2.05) is 30.5 Å². The largest absolute Gasteiger partial charge is 0.481 e. The lowest BCUT2D eigenvalue weighted by molar-refractivity contribution is -0.130. The summed E-state index contributed by atoms with van der Waals surface area (Å²) in [7, 11) is 3.49. The maximum absolute atomic E-state index is 12.6. The molecule has 1 fully saturated rings. The average Bonchev–Trinajstić information content (AvgIpc) is 2.88. The molecular formula is C17H24N6O2. The summed E-state index contributed by atoms with van der Waals surface area (Å²) < 4.78 is 6.97. The zero-order valence-electron chi connectivity index (χ0n) is 15.2. The highest BCUT2D eigenvalue weighted by atomic mass is 16.5. The van der Waals surface area contributed by atoms with Gasteiger partial charge in [0.1, 0.15) is 0 Å². The van der Waals surface area contributed by atoms with Gasteiger partial charge < -0.3 is 14.5 Å². The lowest BCUT2D eigenvalue weighted by atomic mass is 10.1. The van der Waals surface area contributed by atoms with Crippen molar-refractivity contribution in [2.24, 2.45) is 7.05 Å². The summed E-state index contributed by atoms with van der Waals surface area (Å²) in [4.78, 5) is 25.3. The minimum atomic E-state index is 0.144. The van der Waals surface area contributed by atoms with Gasteiger partial charge in [-0.1, -0.05) is 0 Å². The summed E-state index contributed by atoms with van der Waals surface area (Å²) >= 11 is 0. The Morgan fingerprint density at radius 1 is 1.24 bits per heavy atom. The molecule has 0 N–H and O–H groups in total. The zero-order valence-corrected chi connectivity index (χ0v) is 15.2. The number of piperazine rings is 1. The second-order valence-electron chi connectivity index (χ2n) is 6.22. The standard InChI is InChI=1S/C17H24N6O2/c1-12-14(13(2)21(3)20-12)11-16(24)22-7-9-23(10-8-22)17-18-6-5-15(19-17)25-4/h5-6H,7-11H2,1-4H3. The first kappa shape index (κ1) is 17.2. The third-order valence-corrected chi connectivity index (χ3v) is 4.73. The number of amides is 1. The quantitative estimate of drug-likeness (QED) is 0.814. The Balaban J connectivity index is 1.61. The van der Waals surface area contributed by atoms with E-state index >= 15 is 0 Å². The van der Waals surface area contributed by atoms with Crippen LogP contribution in [-0.4, -0.2) is 63.8 Å². The summed E-state index contributed by atoms with van der Waals surface area (Å²) in [5, 5.41) is 4.39. The van der Waals surface area contributed by atoms with Gasteiger partial charge in [-0.05, 0) is 13.8 Å². The monoisotopic (exact) mass is 344 g/mol. The number of rotatable bonds is 4. The number of nitrogens with zero attached hydrogens (tertiary/aromatic N) is 6. The smallest absolute Gasteiger partial charge is 0.228 e. The first-order valence-electron chi connectivity index (χ1n) is 8.38. The van der Waals surface area contributed by atoms with Crippen LogP contribution < -0.4 is 9.64 Å². The molecule has 0 radical (unpaired) electrons. The molecule has 0 atom stereocenters. The SMILES string of the molecule is COc1ccnc(N2CCN(C(=O)Cc3c(C)nn(C)c3C)CC2)n1. The van der Waals surface area contributed by atoms with E-state index in [1.165, 1.54) is 0 Å². The molecule has 1 aliphatic rings. The Hall–Kier alpha value is -2.64. The molecule has 1 amide bonds. The molecule has 0 saturated carbocycles. The van der Waals surface area contributed by atoms with E-state index in [0.29, 0.717) is 44.4 Å². The van der Waals surface area contributed by atoms with Gasteiger partial charge in [-0.15, -0.1) is 0 Å². The van der Waals surface area contributed by atoms with Gasteiger partial charge in [-0.25, -0.2) is 4.98 Å². The van der Waals surface area contributed by atoms with Gasteiger partial charge in [0, 0.05) is 56.7 Å². The molecule has 0 aliphatic carbocycles. The van der Waals surface area contributed by atoms with Crippen molar-refractivity contribution in [3.8, 4) is 5.88 Å². The molecule has 3 rings (SSSR count). The van der Waals surface area contributed by atoms with Gasteiger partial charge in [0.15, 0.2) is 0 Å². The molecule has 134 valence electrons. The average molecular weight is 344 g/mol. The molecule has 8 nitrogen and oxygen atoms in total. The van der Waals surface area contributed by atoms with E-state index < -0.39 is 0 Å². The van der Waals surface area contributed by atoms with Gasteiger partial charge in [0.25, 0.3) is 0 Å². The van der Waals surface area contributed by atoms with Crippen LogP contribution in [0.3, 0.4) is 0 Å². The molecule has 3 heterocycles. The highest BCUT2D eigenvalue weighted by Gasteiger charge is 2.24. The Morgan fingerprint density at radius 3 is 2.56 bits per heavy atom. The van der Waals surface area contributed by atoms with Gasteiger partial charge in [0.05, 0.1) is 19.2 Å². The summed E-state index contributed by atoms with van der Waals surface area (Å²) in [5.41, 5.74) is 3.01. The van der Waals surface area contributed by atoms with Crippen molar-refractivity contribution >= 4 is 11.9 Å². The van der Waals surface area contributed by atoms with E-state index in [9.17, 15) is 4.79 Å². The lowest BCUT2D eigenvalue weighted by Crippen LogP contribution is -2.49. The fourth-order valence-corrected chi connectivity index (χ4v) is 3.09. The van der Waals surface area contributed by atoms with E-state index in [2.05, 4.69) is 20.0 Å². The highest BCUT2D eigenvalue weighted by molar-refractivity contribution is 5.79. The predicted octanol–water partition coefficient (Wildman–Crippen LogP) is 0.727. The second kappa shape index (κ2) is 7.08. The molecule has 2 aromatic heterocycles. The van der Waals surface area contributed by atoms with Crippen molar-refractivity contribution in [2.75, 3.05) is 38.2 Å². The fraction of sp³-hybridized carbons (Fsp3) is 0.529. The van der Waals surface area contributed by atoms with Gasteiger partial charge in [-0.3, -0.25) is 9.48 Å². The van der Waals surface area contributed by atoms with E-state index in [0.717, 1.165) is 17.0 Å². The Kier molecular flexibility index (Phi) is 4.87. The van der Waals surface area contributed by atoms with Crippen molar-refractivity contribution in [1.82, 2.24) is 24.6 Å². The normalized spacial score (nSPS) is 14.7. The summed E-state index contributed by atoms with van der Waals surface area (Å²) in [6.07, 6.45) is 2.09. The number of hydrogen-bond donors (Lipinski definition) is 0. The third-order valence-electron chi connectivity index (χ3n) is 4.73. The number of carbonyl (C=O) groups excluding carboxylic acids is 1. The maximum atomic E-state index is 12.6. The number of aryl methyl sites for hydroxylation is 2. The Morgan fingerprint density at radius 2 is 1.96 bits per heavy atom. The molecule has 25 heavy (non-hydrogen) atoms. The molecule has 0 bridgehead atoms. The van der Waals surface area contributed by atoms with Crippen molar-refractivity contribution in [2.45, 2.75) is 20.3 Å². The topological polar surface area (TPSA) is 76.4 Å². The van der Waals surface area contributed by atoms with Crippen molar-refractivity contribution in [1.29, 1.82) is 0 Å². The lowest BCUT2D eigenvalue weighted by Gasteiger charge is -2.34. The van der Waals surface area contributed by atoms with Crippen LogP contribution in [0.2, 0.25) is 0 Å². The maximum Gasteiger partial charge on any atom is 0.228 e. The van der Waals surface area contributed by atoms with Crippen molar-refractivity contribution in [3.05, 3.63) is 29.2 Å². The van der Waals surface area contributed by atoms with Crippen LogP contribution in [0.1, 0.15) is 17.0 Å². The Labute approximate surface area is 147 Å². The van der Waals surface area contributed by atoms with Crippen LogP contribution in [0.15, 0.2) is 12.3 Å². The number of methoxy groups -OCH3 is 1. The van der Waals surface area contributed by atoms with Crippen LogP contribution in [0, 0.1) is 13.8 Å². The van der Waals surface area contributed by atoms with Crippen LogP contribution >= 0.6 is 0 Å². The number of ether oxygens (including phenoxy) is 1. The van der Waals surface area contributed by atoms with Crippen LogP contribution in [0.25, 0.3) is 0 Å². The molecule has 0 unspecified atom stereocenters. The molecule has 0 spiro atoms. The van der Waals surface area contributed by atoms with Crippen LogP contribution in [-0.2, 0) is 18.3 Å². The zero-order chi connectivity index (χ0) is 18.0. The summed E-state index contributed by atoms with van der Waals surface area (Å²) in [5.74, 6) is 1.34. The minimum Gasteiger partial charge on any atom is -0.481 e. The predicted molar refractivity (Wildman–Crippen MR) is 93.8 cm³/mol. The minimum absolute atomic E-state index is 0.144. The molecule has 2 aromatic rings. The molecule has 8 heteroatoms. The number of hydrogen-bond acceptors (Lipinski definition) is 6. The van der Waals surface area contributed by atoms with Crippen LogP contribution in [0.4, 0.5) is 5.95 Å². The van der Waals surface area contributed by atoms with E-state index in [1.54, 1.807) is 19.4 Å². The molecule has 1 aliphatic heterocycles. The molecule has 0 aromatic carbocycles.